The summed E-state index contributed by atoms with van der Waals surface area (Å²) in [5, 5.41) is 13.1. The van der Waals surface area contributed by atoms with Crippen LogP contribution in [-0.4, -0.2) is 18.6 Å². The second-order valence-corrected chi connectivity index (χ2v) is 8.31. The molecule has 0 heterocycles. The SMILES string of the molecule is CCCC(CC)COC(=O)/C(C#N)=C1\C=C(NC(C)CC)CC(C)(C)C1. The predicted octanol–water partition coefficient (Wildman–Crippen LogP) is 5.27. The minimum Gasteiger partial charge on any atom is -0.461 e. The second-order valence-electron chi connectivity index (χ2n) is 8.31. The Morgan fingerprint density at radius 3 is 2.54 bits per heavy atom. The van der Waals surface area contributed by atoms with E-state index in [1.165, 1.54) is 0 Å². The molecule has 0 spiro atoms. The number of carbonyl (C=O) groups is 1. The minimum atomic E-state index is -0.478. The Hall–Kier alpha value is -1.76. The van der Waals surface area contributed by atoms with E-state index in [1.54, 1.807) is 0 Å². The van der Waals surface area contributed by atoms with Crippen LogP contribution >= 0.6 is 0 Å². The van der Waals surface area contributed by atoms with Crippen molar-refractivity contribution in [1.29, 1.82) is 5.26 Å². The zero-order valence-electron chi connectivity index (χ0n) is 17.4. The first kappa shape index (κ1) is 22.3. The molecular weight excluding hydrogens is 324 g/mol. The number of esters is 1. The van der Waals surface area contributed by atoms with Crippen LogP contribution in [0.3, 0.4) is 0 Å². The van der Waals surface area contributed by atoms with Crippen molar-refractivity contribution in [3.8, 4) is 6.07 Å². The highest BCUT2D eigenvalue weighted by Gasteiger charge is 2.29. The van der Waals surface area contributed by atoms with E-state index in [0.29, 0.717) is 25.0 Å². The van der Waals surface area contributed by atoms with E-state index in [0.717, 1.165) is 43.4 Å². The van der Waals surface area contributed by atoms with Crippen LogP contribution in [0.5, 0.6) is 0 Å². The molecule has 1 rings (SSSR count). The molecular formula is C22H36N2O2. The van der Waals surface area contributed by atoms with E-state index in [1.807, 2.05) is 6.08 Å². The maximum Gasteiger partial charge on any atom is 0.349 e. The van der Waals surface area contributed by atoms with Gasteiger partial charge in [0, 0.05) is 11.7 Å². The number of hydrogen-bond acceptors (Lipinski definition) is 4. The van der Waals surface area contributed by atoms with Gasteiger partial charge >= 0.3 is 5.97 Å². The second kappa shape index (κ2) is 10.4. The van der Waals surface area contributed by atoms with Gasteiger partial charge in [0.15, 0.2) is 0 Å². The third kappa shape index (κ3) is 6.86. The highest BCUT2D eigenvalue weighted by molar-refractivity contribution is 5.94. The number of nitriles is 1. The molecule has 4 heteroatoms. The van der Waals surface area contributed by atoms with E-state index in [4.69, 9.17) is 4.74 Å². The maximum absolute atomic E-state index is 12.5. The Kier molecular flexibility index (Phi) is 8.92. The van der Waals surface area contributed by atoms with Crippen LogP contribution in [0.25, 0.3) is 0 Å². The number of ether oxygens (including phenoxy) is 1. The molecule has 1 aliphatic carbocycles. The van der Waals surface area contributed by atoms with Gasteiger partial charge in [0.2, 0.25) is 0 Å². The average molecular weight is 361 g/mol. The normalized spacial score (nSPS) is 20.4. The first-order valence-electron chi connectivity index (χ1n) is 10.0. The molecule has 0 bridgehead atoms. The molecule has 0 fully saturated rings. The predicted molar refractivity (Wildman–Crippen MR) is 106 cm³/mol. The van der Waals surface area contributed by atoms with E-state index in [2.05, 4.69) is 52.9 Å². The number of nitrogens with zero attached hydrogens (tertiary/aromatic N) is 1. The zero-order chi connectivity index (χ0) is 19.7. The van der Waals surface area contributed by atoms with Crippen molar-refractivity contribution in [3.63, 3.8) is 0 Å². The highest BCUT2D eigenvalue weighted by atomic mass is 16.5. The fourth-order valence-electron chi connectivity index (χ4n) is 3.41. The maximum atomic E-state index is 12.5. The molecule has 0 aromatic carbocycles. The van der Waals surface area contributed by atoms with Gasteiger partial charge < -0.3 is 10.1 Å². The van der Waals surface area contributed by atoms with Gasteiger partial charge in [0.25, 0.3) is 0 Å². The van der Waals surface area contributed by atoms with Crippen LogP contribution < -0.4 is 5.32 Å². The lowest BCUT2D eigenvalue weighted by Gasteiger charge is -2.33. The van der Waals surface area contributed by atoms with E-state index >= 15 is 0 Å². The summed E-state index contributed by atoms with van der Waals surface area (Å²) in [7, 11) is 0. The lowest BCUT2D eigenvalue weighted by Crippen LogP contribution is -2.31. The molecule has 4 nitrogen and oxygen atoms in total. The first-order chi connectivity index (χ1) is 12.3. The monoisotopic (exact) mass is 360 g/mol. The summed E-state index contributed by atoms with van der Waals surface area (Å²) in [5.41, 5.74) is 2.07. The van der Waals surface area contributed by atoms with Gasteiger partial charge in [-0.3, -0.25) is 0 Å². The molecule has 0 aromatic rings. The fourth-order valence-corrected chi connectivity index (χ4v) is 3.41. The van der Waals surface area contributed by atoms with E-state index < -0.39 is 5.97 Å². The molecule has 1 aliphatic rings. The fraction of sp³-hybridized carbons (Fsp3) is 0.727. The number of hydrogen-bond donors (Lipinski definition) is 1. The molecule has 26 heavy (non-hydrogen) atoms. The Bertz CT molecular complexity index is 581. The summed E-state index contributed by atoms with van der Waals surface area (Å²) in [6, 6.07) is 2.47. The molecule has 146 valence electrons. The summed E-state index contributed by atoms with van der Waals surface area (Å²) in [5.74, 6) is -0.108. The lowest BCUT2D eigenvalue weighted by molar-refractivity contribution is -0.140. The molecule has 0 saturated carbocycles. The van der Waals surface area contributed by atoms with Crippen LogP contribution in [-0.2, 0) is 9.53 Å². The molecule has 2 unspecified atom stereocenters. The number of carbonyl (C=O) groups excluding carboxylic acids is 1. The lowest BCUT2D eigenvalue weighted by atomic mass is 9.76. The summed E-state index contributed by atoms with van der Waals surface area (Å²) >= 11 is 0. The average Bonchev–Trinajstić information content (AvgIpc) is 2.57. The number of rotatable bonds is 9. The van der Waals surface area contributed by atoms with Crippen LogP contribution in [0.2, 0.25) is 0 Å². The third-order valence-electron chi connectivity index (χ3n) is 5.09. The van der Waals surface area contributed by atoms with Crippen molar-refractivity contribution >= 4 is 5.97 Å². The summed E-state index contributed by atoms with van der Waals surface area (Å²) in [4.78, 5) is 12.5. The Labute approximate surface area is 159 Å². The van der Waals surface area contributed by atoms with Gasteiger partial charge in [0.1, 0.15) is 11.6 Å². The summed E-state index contributed by atoms with van der Waals surface area (Å²) in [6.45, 7) is 13.3. The van der Waals surface area contributed by atoms with Crippen LogP contribution in [0.15, 0.2) is 22.9 Å². The summed E-state index contributed by atoms with van der Waals surface area (Å²) in [6.07, 6.45) is 7.74. The molecule has 0 radical (unpaired) electrons. The molecule has 0 saturated heterocycles. The van der Waals surface area contributed by atoms with Crippen LogP contribution in [0, 0.1) is 22.7 Å². The first-order valence-corrected chi connectivity index (χ1v) is 10.0. The highest BCUT2D eigenvalue weighted by Crippen LogP contribution is 2.38. The third-order valence-corrected chi connectivity index (χ3v) is 5.09. The number of nitrogens with one attached hydrogen (secondary N) is 1. The van der Waals surface area contributed by atoms with Gasteiger partial charge in [-0.2, -0.15) is 5.26 Å². The number of allylic oxidation sites excluding steroid dienone is 3. The van der Waals surface area contributed by atoms with Gasteiger partial charge in [0.05, 0.1) is 6.61 Å². The van der Waals surface area contributed by atoms with Gasteiger partial charge in [-0.25, -0.2) is 4.79 Å². The Morgan fingerprint density at radius 1 is 1.31 bits per heavy atom. The van der Waals surface area contributed by atoms with E-state index in [-0.39, 0.29) is 11.0 Å². The van der Waals surface area contributed by atoms with E-state index in [9.17, 15) is 10.1 Å². The van der Waals surface area contributed by atoms with Crippen LogP contribution in [0.1, 0.15) is 80.1 Å². The minimum absolute atomic E-state index is 0.0103. The van der Waals surface area contributed by atoms with Crippen LogP contribution in [0.4, 0.5) is 0 Å². The molecule has 2 atom stereocenters. The molecule has 0 aliphatic heterocycles. The van der Waals surface area contributed by atoms with Crippen molar-refractivity contribution in [2.24, 2.45) is 11.3 Å². The smallest absolute Gasteiger partial charge is 0.349 e. The molecule has 0 aromatic heterocycles. The van der Waals surface area contributed by atoms with Gasteiger partial charge in [-0.15, -0.1) is 0 Å². The van der Waals surface area contributed by atoms with Gasteiger partial charge in [-0.05, 0) is 55.6 Å². The Balaban J connectivity index is 3.01. The van der Waals surface area contributed by atoms with Crippen molar-refractivity contribution in [2.75, 3.05) is 6.61 Å². The molecule has 0 amide bonds. The van der Waals surface area contributed by atoms with Crippen molar-refractivity contribution in [3.05, 3.63) is 22.9 Å². The molecule has 1 N–H and O–H groups in total. The zero-order valence-corrected chi connectivity index (χ0v) is 17.4. The van der Waals surface area contributed by atoms with Crippen molar-refractivity contribution in [1.82, 2.24) is 5.32 Å². The largest absolute Gasteiger partial charge is 0.461 e. The Morgan fingerprint density at radius 2 is 2.00 bits per heavy atom. The van der Waals surface area contributed by atoms with Crippen molar-refractivity contribution in [2.45, 2.75) is 86.1 Å². The quantitative estimate of drug-likeness (QED) is 0.346. The van der Waals surface area contributed by atoms with Crippen molar-refractivity contribution < 1.29 is 9.53 Å². The standard InChI is InChI=1S/C22H36N2O2/c1-7-10-17(9-3)15-26-21(25)20(14-23)18-11-19(24-16(4)8-2)13-22(5,6)12-18/h11,16-17,24H,7-10,12-13,15H2,1-6H3/b20-18+. The van der Waals surface area contributed by atoms with Gasteiger partial charge in [-0.1, -0.05) is 47.5 Å². The summed E-state index contributed by atoms with van der Waals surface area (Å²) < 4.78 is 5.49. The topological polar surface area (TPSA) is 62.1 Å².